The summed E-state index contributed by atoms with van der Waals surface area (Å²) in [6, 6.07) is 11.9. The number of nitrogens with one attached hydrogen (secondary N) is 1. The number of halogens is 3. The van der Waals surface area contributed by atoms with Crippen molar-refractivity contribution in [1.82, 2.24) is 9.88 Å². The first-order chi connectivity index (χ1) is 20.6. The van der Waals surface area contributed by atoms with Crippen LogP contribution in [0.25, 0.3) is 10.9 Å². The molecule has 0 saturated carbocycles. The third kappa shape index (κ3) is 7.22. The molecule has 1 aliphatic heterocycles. The largest absolute Gasteiger partial charge is 0.493 e. The summed E-state index contributed by atoms with van der Waals surface area (Å²) in [6.07, 6.45) is 5.22. The minimum Gasteiger partial charge on any atom is -0.493 e. The number of hydrogen-bond acceptors (Lipinski definition) is 6. The van der Waals surface area contributed by atoms with Crippen molar-refractivity contribution in [3.05, 3.63) is 89.4 Å². The van der Waals surface area contributed by atoms with E-state index in [-0.39, 0.29) is 12.1 Å². The zero-order valence-electron chi connectivity index (χ0n) is 24.1. The van der Waals surface area contributed by atoms with Crippen LogP contribution in [0.2, 0.25) is 0 Å². The minimum absolute atomic E-state index is 0.165. The molecule has 0 radical (unpaired) electrons. The normalized spacial score (nSPS) is 15.9. The number of nitrogens with zero attached hydrogens (tertiary/aromatic N) is 2. The highest BCUT2D eigenvalue weighted by Gasteiger charge is 2.24. The number of benzene rings is 3. The van der Waals surface area contributed by atoms with Crippen LogP contribution in [0.15, 0.2) is 65.7 Å². The fraction of sp³-hybridized carbons (Fsp3) is 0.344. The molecular formula is C32H34F3N3O4S. The Morgan fingerprint density at radius 2 is 1.79 bits per heavy atom. The maximum atomic E-state index is 15.2. The summed E-state index contributed by atoms with van der Waals surface area (Å²) >= 11 is 0. The number of rotatable bonds is 11. The monoisotopic (exact) mass is 613 g/mol. The molecule has 4 aromatic rings. The summed E-state index contributed by atoms with van der Waals surface area (Å²) in [7, 11) is -3.06. The Balaban J connectivity index is 1.29. The highest BCUT2D eigenvalue weighted by molar-refractivity contribution is 7.92. The van der Waals surface area contributed by atoms with E-state index in [4.69, 9.17) is 9.47 Å². The first-order valence-electron chi connectivity index (χ1n) is 14.2. The second-order valence-corrected chi connectivity index (χ2v) is 12.5. The summed E-state index contributed by atoms with van der Waals surface area (Å²) in [5.41, 5.74) is 1.56. The smallest absolute Gasteiger partial charge is 0.267 e. The van der Waals surface area contributed by atoms with E-state index in [9.17, 15) is 17.2 Å². The van der Waals surface area contributed by atoms with E-state index < -0.39 is 32.4 Å². The molecule has 5 rings (SSSR count). The van der Waals surface area contributed by atoms with Crippen molar-refractivity contribution in [3.63, 3.8) is 0 Å². The lowest BCUT2D eigenvalue weighted by Crippen LogP contribution is -2.35. The maximum absolute atomic E-state index is 15.2. The van der Waals surface area contributed by atoms with Crippen LogP contribution in [0, 0.1) is 23.4 Å². The van der Waals surface area contributed by atoms with E-state index in [0.717, 1.165) is 67.2 Å². The SMILES string of the molecule is COc1cc2c(Cc3ccc(NS(=O)(=O)c4c(F)cccc4F)cc3F)ccnc2cc1OCCCN1CCCC(C)C1. The average molecular weight is 614 g/mol. The van der Waals surface area contributed by atoms with Gasteiger partial charge in [-0.2, -0.15) is 0 Å². The average Bonchev–Trinajstić information content (AvgIpc) is 2.96. The van der Waals surface area contributed by atoms with Gasteiger partial charge in [0.1, 0.15) is 17.5 Å². The molecule has 7 nitrogen and oxygen atoms in total. The first-order valence-corrected chi connectivity index (χ1v) is 15.7. The molecule has 0 spiro atoms. The molecule has 1 atom stereocenters. The lowest BCUT2D eigenvalue weighted by Gasteiger charge is -2.30. The van der Waals surface area contributed by atoms with Crippen molar-refractivity contribution in [2.45, 2.75) is 37.5 Å². The van der Waals surface area contributed by atoms with E-state index >= 15 is 4.39 Å². The van der Waals surface area contributed by atoms with Gasteiger partial charge in [0.2, 0.25) is 0 Å². The van der Waals surface area contributed by atoms with Gasteiger partial charge in [-0.1, -0.05) is 19.1 Å². The molecule has 1 fully saturated rings. The van der Waals surface area contributed by atoms with Gasteiger partial charge in [0, 0.05) is 37.2 Å². The molecule has 1 aromatic heterocycles. The van der Waals surface area contributed by atoms with Gasteiger partial charge >= 0.3 is 0 Å². The lowest BCUT2D eigenvalue weighted by molar-refractivity contribution is 0.169. The number of fused-ring (bicyclic) bond motifs is 1. The number of methoxy groups -OCH3 is 1. The van der Waals surface area contributed by atoms with Crippen LogP contribution in [0.5, 0.6) is 11.5 Å². The Morgan fingerprint density at radius 3 is 2.51 bits per heavy atom. The topological polar surface area (TPSA) is 80.8 Å². The zero-order chi connectivity index (χ0) is 30.6. The van der Waals surface area contributed by atoms with Crippen molar-refractivity contribution in [2.75, 3.05) is 38.1 Å². The number of piperidine rings is 1. The quantitative estimate of drug-likeness (QED) is 0.193. The number of hydrogen-bond donors (Lipinski definition) is 1. The minimum atomic E-state index is -4.62. The molecule has 0 amide bonds. The molecule has 1 aliphatic rings. The highest BCUT2D eigenvalue weighted by Crippen LogP contribution is 2.34. The number of pyridine rings is 1. The molecule has 1 saturated heterocycles. The molecule has 43 heavy (non-hydrogen) atoms. The second kappa shape index (κ2) is 13.2. The van der Waals surface area contributed by atoms with Crippen LogP contribution in [-0.2, 0) is 16.4 Å². The number of aromatic nitrogens is 1. The summed E-state index contributed by atoms with van der Waals surface area (Å²) < 4.78 is 82.2. The first kappa shape index (κ1) is 30.6. The molecule has 228 valence electrons. The maximum Gasteiger partial charge on any atom is 0.267 e. The Hall–Kier alpha value is -3.83. The lowest BCUT2D eigenvalue weighted by atomic mass is 10.00. The third-order valence-corrected chi connectivity index (χ3v) is 9.04. The van der Waals surface area contributed by atoms with E-state index in [1.165, 1.54) is 25.0 Å². The van der Waals surface area contributed by atoms with E-state index in [1.54, 1.807) is 19.4 Å². The van der Waals surface area contributed by atoms with Crippen molar-refractivity contribution >= 4 is 26.6 Å². The van der Waals surface area contributed by atoms with Gasteiger partial charge in [-0.15, -0.1) is 0 Å². The predicted octanol–water partition coefficient (Wildman–Crippen LogP) is 6.55. The summed E-state index contributed by atoms with van der Waals surface area (Å²) in [5, 5.41) is 0.758. The van der Waals surface area contributed by atoms with E-state index in [0.29, 0.717) is 29.2 Å². The zero-order valence-corrected chi connectivity index (χ0v) is 24.9. The van der Waals surface area contributed by atoms with Gasteiger partial charge in [0.05, 0.1) is 24.9 Å². The van der Waals surface area contributed by atoms with Crippen molar-refractivity contribution in [3.8, 4) is 11.5 Å². The van der Waals surface area contributed by atoms with Crippen LogP contribution in [-0.4, -0.2) is 51.7 Å². The van der Waals surface area contributed by atoms with Crippen LogP contribution < -0.4 is 14.2 Å². The summed E-state index contributed by atoms with van der Waals surface area (Å²) in [6.45, 7) is 6.06. The van der Waals surface area contributed by atoms with Crippen molar-refractivity contribution in [1.29, 1.82) is 0 Å². The Labute approximate surface area is 249 Å². The van der Waals surface area contributed by atoms with Crippen LogP contribution in [0.1, 0.15) is 37.3 Å². The number of anilines is 1. The van der Waals surface area contributed by atoms with Gasteiger partial charge in [0.15, 0.2) is 16.4 Å². The molecule has 1 unspecified atom stereocenters. The second-order valence-electron chi connectivity index (χ2n) is 10.9. The van der Waals surface area contributed by atoms with E-state index in [2.05, 4.69) is 16.8 Å². The third-order valence-electron chi connectivity index (χ3n) is 7.61. The van der Waals surface area contributed by atoms with E-state index in [1.807, 2.05) is 16.9 Å². The Bertz CT molecular complexity index is 1700. The number of ether oxygens (including phenoxy) is 2. The number of likely N-dealkylation sites (tertiary alicyclic amines) is 1. The fourth-order valence-electron chi connectivity index (χ4n) is 5.50. The molecule has 3 aromatic carbocycles. The van der Waals surface area contributed by atoms with Crippen molar-refractivity contribution < 1.29 is 31.1 Å². The molecule has 0 aliphatic carbocycles. The molecule has 1 N–H and O–H groups in total. The molecule has 11 heteroatoms. The van der Waals surface area contributed by atoms with Crippen molar-refractivity contribution in [2.24, 2.45) is 5.92 Å². The Kier molecular flexibility index (Phi) is 9.41. The van der Waals surface area contributed by atoms with Gasteiger partial charge in [-0.05, 0) is 79.3 Å². The number of sulfonamides is 1. The van der Waals surface area contributed by atoms with Crippen LogP contribution in [0.3, 0.4) is 0 Å². The molecule has 2 heterocycles. The highest BCUT2D eigenvalue weighted by atomic mass is 32.2. The van der Waals surface area contributed by atoms with Crippen LogP contribution >= 0.6 is 0 Å². The van der Waals surface area contributed by atoms with Gasteiger partial charge in [0.25, 0.3) is 10.0 Å². The summed E-state index contributed by atoms with van der Waals surface area (Å²) in [5.74, 6) is -1.32. The predicted molar refractivity (Wildman–Crippen MR) is 160 cm³/mol. The fourth-order valence-corrected chi connectivity index (χ4v) is 6.69. The molecule has 0 bridgehead atoms. The Morgan fingerprint density at radius 1 is 1.00 bits per heavy atom. The standard InChI is InChI=1S/C32H34F3N3O4S/c1-21-6-4-13-38(20-21)14-5-15-42-31-19-29-25(18-30(31)41-2)22(11-12-36-29)16-23-9-10-24(17-28(23)35)37-43(39,40)32-26(33)7-3-8-27(32)34/h3,7-12,17-19,21,37H,4-6,13-16,20H2,1-2H3. The van der Waals surface area contributed by atoms with Crippen LogP contribution in [0.4, 0.5) is 18.9 Å². The summed E-state index contributed by atoms with van der Waals surface area (Å²) in [4.78, 5) is 5.82. The van der Waals surface area contributed by atoms with Gasteiger partial charge in [-0.3, -0.25) is 9.71 Å². The van der Waals surface area contributed by atoms with Gasteiger partial charge in [-0.25, -0.2) is 21.6 Å². The molecular weight excluding hydrogens is 579 g/mol. The van der Waals surface area contributed by atoms with Gasteiger partial charge < -0.3 is 14.4 Å².